The standard InChI is InChI=1S/C29H27N5O3S/c1-18(35)31-21-9-3-2-8-19(21)22-13-12-20-26(36)25(28(37)30-14-17-33-15-6-7-16-33)29-34(27(20)32-22)23-10-4-5-11-24(23)38-29/h2-5,8-13H,6-7,14-17H2,1H3,(H,30,37)(H,31,35). The average molecular weight is 526 g/mol. The maximum atomic E-state index is 13.8. The van der Waals surface area contributed by atoms with Crippen molar-refractivity contribution in [2.75, 3.05) is 31.5 Å². The van der Waals surface area contributed by atoms with Crippen LogP contribution in [0.2, 0.25) is 0 Å². The van der Waals surface area contributed by atoms with Gasteiger partial charge in [-0.05, 0) is 56.3 Å². The number of benzene rings is 2. The van der Waals surface area contributed by atoms with E-state index in [0.717, 1.165) is 35.4 Å². The van der Waals surface area contributed by atoms with Gasteiger partial charge >= 0.3 is 0 Å². The van der Waals surface area contributed by atoms with E-state index in [1.807, 2.05) is 52.9 Å². The molecule has 0 bridgehead atoms. The number of nitrogens with zero attached hydrogens (tertiary/aromatic N) is 3. The number of aromatic nitrogens is 2. The van der Waals surface area contributed by atoms with Crippen LogP contribution in [0.5, 0.6) is 0 Å². The largest absolute Gasteiger partial charge is 0.351 e. The predicted molar refractivity (Wildman–Crippen MR) is 152 cm³/mol. The van der Waals surface area contributed by atoms with E-state index in [-0.39, 0.29) is 22.8 Å². The molecule has 192 valence electrons. The van der Waals surface area contributed by atoms with Gasteiger partial charge in [-0.2, -0.15) is 0 Å². The van der Waals surface area contributed by atoms with Gasteiger partial charge in [0.1, 0.15) is 16.0 Å². The second kappa shape index (κ2) is 10.00. The number of hydrogen-bond donors (Lipinski definition) is 2. The van der Waals surface area contributed by atoms with Crippen molar-refractivity contribution in [2.24, 2.45) is 0 Å². The third-order valence-electron chi connectivity index (χ3n) is 6.94. The molecule has 0 aliphatic carbocycles. The van der Waals surface area contributed by atoms with Gasteiger partial charge in [0.15, 0.2) is 0 Å². The van der Waals surface area contributed by atoms with Crippen LogP contribution in [0.25, 0.3) is 37.3 Å². The Hall–Kier alpha value is -4.08. The lowest BCUT2D eigenvalue weighted by atomic mass is 10.1. The quantitative estimate of drug-likeness (QED) is 0.340. The number of carbonyl (C=O) groups excluding carboxylic acids is 2. The molecule has 5 aromatic rings. The smallest absolute Gasteiger partial charge is 0.258 e. The molecule has 1 saturated heterocycles. The Morgan fingerprint density at radius 3 is 2.58 bits per heavy atom. The number of amides is 2. The second-order valence-electron chi connectivity index (χ2n) is 9.51. The van der Waals surface area contributed by atoms with Gasteiger partial charge in [0.2, 0.25) is 11.3 Å². The van der Waals surface area contributed by atoms with E-state index in [1.165, 1.54) is 31.1 Å². The third-order valence-corrected chi connectivity index (χ3v) is 8.09. The molecule has 2 N–H and O–H groups in total. The minimum absolute atomic E-state index is 0.147. The van der Waals surface area contributed by atoms with E-state index in [1.54, 1.807) is 12.1 Å². The van der Waals surface area contributed by atoms with E-state index >= 15 is 0 Å². The first kappa shape index (κ1) is 24.3. The number of pyridine rings is 2. The first-order valence-electron chi connectivity index (χ1n) is 12.8. The van der Waals surface area contributed by atoms with E-state index in [0.29, 0.717) is 33.8 Å². The van der Waals surface area contributed by atoms with Crippen LogP contribution in [0.4, 0.5) is 5.69 Å². The Morgan fingerprint density at radius 1 is 1.00 bits per heavy atom. The normalized spacial score (nSPS) is 13.9. The van der Waals surface area contributed by atoms with Crippen LogP contribution in [0, 0.1) is 0 Å². The predicted octanol–water partition coefficient (Wildman–Crippen LogP) is 4.51. The summed E-state index contributed by atoms with van der Waals surface area (Å²) in [4.78, 5) is 46.8. The van der Waals surface area contributed by atoms with Gasteiger partial charge in [0.25, 0.3) is 5.91 Å². The Morgan fingerprint density at radius 2 is 1.76 bits per heavy atom. The van der Waals surface area contributed by atoms with Crippen molar-refractivity contribution < 1.29 is 9.59 Å². The van der Waals surface area contributed by atoms with Gasteiger partial charge in [-0.25, -0.2) is 4.98 Å². The highest BCUT2D eigenvalue weighted by molar-refractivity contribution is 7.24. The van der Waals surface area contributed by atoms with Gasteiger partial charge in [-0.3, -0.25) is 18.8 Å². The number of likely N-dealkylation sites (tertiary alicyclic amines) is 1. The molecule has 1 fully saturated rings. The summed E-state index contributed by atoms with van der Waals surface area (Å²) in [6.45, 7) is 4.82. The van der Waals surface area contributed by atoms with Crippen molar-refractivity contribution in [3.05, 3.63) is 76.5 Å². The SMILES string of the molecule is CC(=O)Nc1ccccc1-c1ccc2c(=O)c(C(=O)NCCN3CCCC3)c3sc4ccccc4n3c2n1. The van der Waals surface area contributed by atoms with Gasteiger partial charge < -0.3 is 15.5 Å². The molecule has 0 radical (unpaired) electrons. The Balaban J connectivity index is 1.51. The molecule has 3 aromatic heterocycles. The summed E-state index contributed by atoms with van der Waals surface area (Å²) < 4.78 is 2.87. The topological polar surface area (TPSA) is 95.8 Å². The molecule has 1 aliphatic heterocycles. The molecule has 0 saturated carbocycles. The van der Waals surface area contributed by atoms with E-state index in [9.17, 15) is 14.4 Å². The number of hydrogen-bond acceptors (Lipinski definition) is 6. The molecule has 38 heavy (non-hydrogen) atoms. The molecule has 4 heterocycles. The summed E-state index contributed by atoms with van der Waals surface area (Å²) >= 11 is 1.41. The molecule has 2 amide bonds. The zero-order valence-electron chi connectivity index (χ0n) is 21.0. The van der Waals surface area contributed by atoms with Gasteiger partial charge in [-0.15, -0.1) is 11.3 Å². The maximum Gasteiger partial charge on any atom is 0.258 e. The number of thiazole rings is 1. The fourth-order valence-electron chi connectivity index (χ4n) is 5.17. The maximum absolute atomic E-state index is 13.8. The summed E-state index contributed by atoms with van der Waals surface area (Å²) in [6, 6.07) is 18.7. The molecule has 0 spiro atoms. The van der Waals surface area contributed by atoms with E-state index in [4.69, 9.17) is 4.98 Å². The summed E-state index contributed by atoms with van der Waals surface area (Å²) in [5.41, 5.74) is 3.17. The lowest BCUT2D eigenvalue weighted by molar-refractivity contribution is -0.114. The Kier molecular flexibility index (Phi) is 6.39. The van der Waals surface area contributed by atoms with Crippen LogP contribution in [-0.4, -0.2) is 52.3 Å². The van der Waals surface area contributed by atoms with Crippen molar-refractivity contribution in [1.29, 1.82) is 0 Å². The van der Waals surface area contributed by atoms with Crippen LogP contribution >= 0.6 is 11.3 Å². The van der Waals surface area contributed by atoms with Crippen molar-refractivity contribution in [2.45, 2.75) is 19.8 Å². The molecule has 8 nitrogen and oxygen atoms in total. The zero-order chi connectivity index (χ0) is 26.2. The summed E-state index contributed by atoms with van der Waals surface area (Å²) in [6.07, 6.45) is 2.37. The fourth-order valence-corrected chi connectivity index (χ4v) is 6.35. The number of anilines is 1. The summed E-state index contributed by atoms with van der Waals surface area (Å²) in [5, 5.41) is 6.21. The van der Waals surface area contributed by atoms with Crippen LogP contribution in [-0.2, 0) is 4.79 Å². The monoisotopic (exact) mass is 525 g/mol. The molecular formula is C29H27N5O3S. The van der Waals surface area contributed by atoms with Crippen molar-refractivity contribution in [3.63, 3.8) is 0 Å². The van der Waals surface area contributed by atoms with Crippen LogP contribution < -0.4 is 16.1 Å². The van der Waals surface area contributed by atoms with Crippen molar-refractivity contribution in [3.8, 4) is 11.3 Å². The highest BCUT2D eigenvalue weighted by Gasteiger charge is 2.23. The molecule has 9 heteroatoms. The minimum Gasteiger partial charge on any atom is -0.351 e. The van der Waals surface area contributed by atoms with E-state index in [2.05, 4.69) is 15.5 Å². The Labute approximate surface area is 222 Å². The molecular weight excluding hydrogens is 498 g/mol. The first-order valence-corrected chi connectivity index (χ1v) is 13.6. The lowest BCUT2D eigenvalue weighted by Gasteiger charge is -2.15. The van der Waals surface area contributed by atoms with Gasteiger partial charge in [0, 0.05) is 25.6 Å². The number of rotatable bonds is 6. The fraction of sp³-hybridized carbons (Fsp3) is 0.241. The molecule has 2 aromatic carbocycles. The minimum atomic E-state index is -0.361. The number of fused-ring (bicyclic) bond motifs is 5. The van der Waals surface area contributed by atoms with Crippen LogP contribution in [0.3, 0.4) is 0 Å². The number of nitrogens with one attached hydrogen (secondary N) is 2. The first-order chi connectivity index (χ1) is 18.5. The average Bonchev–Trinajstić information content (AvgIpc) is 3.56. The van der Waals surface area contributed by atoms with E-state index < -0.39 is 0 Å². The van der Waals surface area contributed by atoms with Gasteiger partial charge in [0.05, 0.1) is 27.0 Å². The van der Waals surface area contributed by atoms with Crippen LogP contribution in [0.15, 0.2) is 65.5 Å². The van der Waals surface area contributed by atoms with Gasteiger partial charge in [-0.1, -0.05) is 30.3 Å². The van der Waals surface area contributed by atoms with Crippen molar-refractivity contribution in [1.82, 2.24) is 19.6 Å². The molecule has 0 atom stereocenters. The second-order valence-corrected chi connectivity index (χ2v) is 10.5. The highest BCUT2D eigenvalue weighted by Crippen LogP contribution is 2.33. The number of carbonyl (C=O) groups is 2. The lowest BCUT2D eigenvalue weighted by Crippen LogP contribution is -2.35. The molecule has 6 rings (SSSR count). The van der Waals surface area contributed by atoms with Crippen LogP contribution in [0.1, 0.15) is 30.1 Å². The summed E-state index contributed by atoms with van der Waals surface area (Å²) in [7, 11) is 0. The molecule has 1 aliphatic rings. The summed E-state index contributed by atoms with van der Waals surface area (Å²) in [5.74, 6) is -0.540. The zero-order valence-corrected chi connectivity index (χ0v) is 21.8. The molecule has 0 unspecified atom stereocenters. The third kappa shape index (κ3) is 4.33. The number of para-hydroxylation sites is 2. The highest BCUT2D eigenvalue weighted by atomic mass is 32.1. The Bertz CT molecular complexity index is 1770. The van der Waals surface area contributed by atoms with Crippen molar-refractivity contribution >= 4 is 54.9 Å².